The number of benzene rings is 1. The molecule has 1 aliphatic heterocycles. The zero-order valence-corrected chi connectivity index (χ0v) is 9.27. The molecule has 2 rings (SSSR count). The molecule has 0 spiro atoms. The van der Waals surface area contributed by atoms with Gasteiger partial charge in [0.15, 0.2) is 0 Å². The van der Waals surface area contributed by atoms with Gasteiger partial charge in [-0.1, -0.05) is 12.1 Å². The van der Waals surface area contributed by atoms with Gasteiger partial charge in [0.05, 0.1) is 0 Å². The van der Waals surface area contributed by atoms with E-state index in [-0.39, 0.29) is 0 Å². The minimum absolute atomic E-state index is 0.332. The van der Waals surface area contributed by atoms with Crippen LogP contribution in [-0.2, 0) is 0 Å². The highest BCUT2D eigenvalue weighted by atomic mass is 16.3. The maximum Gasteiger partial charge on any atom is 0.115 e. The molecule has 3 heteroatoms. The highest BCUT2D eigenvalue weighted by Gasteiger charge is 2.25. The molecule has 1 aliphatic rings. The highest BCUT2D eigenvalue weighted by Crippen LogP contribution is 2.24. The summed E-state index contributed by atoms with van der Waals surface area (Å²) in [5.41, 5.74) is 1.26. The van der Waals surface area contributed by atoms with Gasteiger partial charge < -0.3 is 10.4 Å². The van der Waals surface area contributed by atoms with Crippen LogP contribution < -0.4 is 5.32 Å². The summed E-state index contributed by atoms with van der Waals surface area (Å²) in [6.45, 7) is 4.25. The molecule has 3 nitrogen and oxygen atoms in total. The number of aromatic hydroxyl groups is 1. The molecule has 0 aliphatic carbocycles. The summed E-state index contributed by atoms with van der Waals surface area (Å²) in [7, 11) is 2.16. The minimum atomic E-state index is 0.332. The Kier molecular flexibility index (Phi) is 2.93. The van der Waals surface area contributed by atoms with Crippen molar-refractivity contribution in [2.45, 2.75) is 19.0 Å². The molecule has 0 radical (unpaired) electrons. The van der Waals surface area contributed by atoms with Gasteiger partial charge in [0.2, 0.25) is 0 Å². The lowest BCUT2D eigenvalue weighted by molar-refractivity contribution is 0.141. The van der Waals surface area contributed by atoms with E-state index in [9.17, 15) is 5.11 Å². The molecule has 1 aromatic rings. The first kappa shape index (κ1) is 10.5. The maximum atomic E-state index is 9.24. The molecule has 1 aromatic carbocycles. The van der Waals surface area contributed by atoms with Gasteiger partial charge in [-0.2, -0.15) is 0 Å². The lowest BCUT2D eigenvalue weighted by Gasteiger charge is -2.38. The predicted octanol–water partition coefficient (Wildman–Crippen LogP) is 1.36. The van der Waals surface area contributed by atoms with E-state index in [0.717, 1.165) is 13.1 Å². The first-order valence-electron chi connectivity index (χ1n) is 5.40. The molecule has 0 amide bonds. The van der Waals surface area contributed by atoms with Gasteiger partial charge in [-0.05, 0) is 31.7 Å². The van der Waals surface area contributed by atoms with E-state index in [1.165, 1.54) is 5.56 Å². The average Bonchev–Trinajstić information content (AvgIpc) is 2.24. The van der Waals surface area contributed by atoms with Gasteiger partial charge in [0.25, 0.3) is 0 Å². The lowest BCUT2D eigenvalue weighted by atomic mass is 10.0. The molecule has 1 saturated heterocycles. The van der Waals surface area contributed by atoms with Gasteiger partial charge in [0, 0.05) is 25.2 Å². The quantitative estimate of drug-likeness (QED) is 0.728. The fourth-order valence-electron chi connectivity index (χ4n) is 2.07. The first-order valence-corrected chi connectivity index (χ1v) is 5.40. The average molecular weight is 206 g/mol. The van der Waals surface area contributed by atoms with Crippen molar-refractivity contribution < 1.29 is 5.11 Å². The number of likely N-dealkylation sites (N-methyl/N-ethyl adjacent to an activating group) is 1. The molecule has 2 unspecified atom stereocenters. The summed E-state index contributed by atoms with van der Waals surface area (Å²) in [4.78, 5) is 2.38. The van der Waals surface area contributed by atoms with E-state index < -0.39 is 0 Å². The number of nitrogens with zero attached hydrogens (tertiary/aromatic N) is 1. The molecular weight excluding hydrogens is 188 g/mol. The number of phenols is 1. The van der Waals surface area contributed by atoms with Gasteiger partial charge in [-0.15, -0.1) is 0 Å². The summed E-state index contributed by atoms with van der Waals surface area (Å²) < 4.78 is 0. The van der Waals surface area contributed by atoms with Crippen molar-refractivity contribution in [2.75, 3.05) is 20.1 Å². The zero-order valence-electron chi connectivity index (χ0n) is 9.27. The Morgan fingerprint density at radius 2 is 1.93 bits per heavy atom. The van der Waals surface area contributed by atoms with Crippen LogP contribution in [0.5, 0.6) is 5.75 Å². The third-order valence-electron chi connectivity index (χ3n) is 3.24. The SMILES string of the molecule is CC1CNCC(c2ccc(O)cc2)N1C. The van der Waals surface area contributed by atoms with Crippen LogP contribution in [0.4, 0.5) is 0 Å². The zero-order chi connectivity index (χ0) is 10.8. The van der Waals surface area contributed by atoms with Crippen molar-refractivity contribution in [3.05, 3.63) is 29.8 Å². The number of hydrogen-bond acceptors (Lipinski definition) is 3. The molecule has 82 valence electrons. The topological polar surface area (TPSA) is 35.5 Å². The van der Waals surface area contributed by atoms with Crippen LogP contribution in [0.1, 0.15) is 18.5 Å². The summed E-state index contributed by atoms with van der Waals surface area (Å²) in [5, 5.41) is 12.7. The van der Waals surface area contributed by atoms with Crippen molar-refractivity contribution in [3.63, 3.8) is 0 Å². The number of nitrogens with one attached hydrogen (secondary N) is 1. The van der Waals surface area contributed by atoms with Crippen molar-refractivity contribution in [1.82, 2.24) is 10.2 Å². The van der Waals surface area contributed by atoms with Crippen LogP contribution in [-0.4, -0.2) is 36.2 Å². The number of piperazine rings is 1. The molecular formula is C12H18N2O. The van der Waals surface area contributed by atoms with Gasteiger partial charge >= 0.3 is 0 Å². The van der Waals surface area contributed by atoms with Crippen LogP contribution in [0.2, 0.25) is 0 Å². The van der Waals surface area contributed by atoms with Crippen LogP contribution in [0, 0.1) is 0 Å². The molecule has 0 saturated carbocycles. The lowest BCUT2D eigenvalue weighted by Crippen LogP contribution is -2.49. The maximum absolute atomic E-state index is 9.24. The van der Waals surface area contributed by atoms with E-state index in [1.54, 1.807) is 12.1 Å². The number of rotatable bonds is 1. The van der Waals surface area contributed by atoms with Crippen molar-refractivity contribution >= 4 is 0 Å². The van der Waals surface area contributed by atoms with Gasteiger partial charge in [-0.3, -0.25) is 4.90 Å². The monoisotopic (exact) mass is 206 g/mol. The first-order chi connectivity index (χ1) is 7.18. The van der Waals surface area contributed by atoms with E-state index in [0.29, 0.717) is 17.8 Å². The Balaban J connectivity index is 2.18. The Labute approximate surface area is 90.7 Å². The van der Waals surface area contributed by atoms with E-state index in [2.05, 4.69) is 24.2 Å². The van der Waals surface area contributed by atoms with Gasteiger partial charge in [0.1, 0.15) is 5.75 Å². The van der Waals surface area contributed by atoms with Crippen LogP contribution in [0.15, 0.2) is 24.3 Å². The van der Waals surface area contributed by atoms with Crippen molar-refractivity contribution in [3.8, 4) is 5.75 Å². The van der Waals surface area contributed by atoms with Crippen LogP contribution in [0.25, 0.3) is 0 Å². The van der Waals surface area contributed by atoms with E-state index >= 15 is 0 Å². The second kappa shape index (κ2) is 4.21. The summed E-state index contributed by atoms with van der Waals surface area (Å²) in [6, 6.07) is 8.46. The van der Waals surface area contributed by atoms with Crippen molar-refractivity contribution in [2.24, 2.45) is 0 Å². The summed E-state index contributed by atoms with van der Waals surface area (Å²) in [6.07, 6.45) is 0. The highest BCUT2D eigenvalue weighted by molar-refractivity contribution is 5.28. The van der Waals surface area contributed by atoms with E-state index in [1.807, 2.05) is 12.1 Å². The summed E-state index contributed by atoms with van der Waals surface area (Å²) in [5.74, 6) is 0.332. The standard InChI is InChI=1S/C12H18N2O/c1-9-7-13-8-12(14(9)2)10-3-5-11(15)6-4-10/h3-6,9,12-13,15H,7-8H2,1-2H3. The third-order valence-corrected chi connectivity index (χ3v) is 3.24. The van der Waals surface area contributed by atoms with Crippen LogP contribution >= 0.6 is 0 Å². The molecule has 2 atom stereocenters. The molecule has 1 fully saturated rings. The smallest absolute Gasteiger partial charge is 0.115 e. The Morgan fingerprint density at radius 1 is 1.27 bits per heavy atom. The summed E-state index contributed by atoms with van der Waals surface area (Å²) >= 11 is 0. The number of phenolic OH excluding ortho intramolecular Hbond substituents is 1. The molecule has 15 heavy (non-hydrogen) atoms. The molecule has 1 heterocycles. The molecule has 0 bridgehead atoms. The number of hydrogen-bond donors (Lipinski definition) is 2. The fraction of sp³-hybridized carbons (Fsp3) is 0.500. The third kappa shape index (κ3) is 2.13. The van der Waals surface area contributed by atoms with E-state index in [4.69, 9.17) is 0 Å². The molecule has 0 aromatic heterocycles. The Hall–Kier alpha value is -1.06. The second-order valence-corrected chi connectivity index (χ2v) is 4.28. The fourth-order valence-corrected chi connectivity index (χ4v) is 2.07. The van der Waals surface area contributed by atoms with Crippen LogP contribution in [0.3, 0.4) is 0 Å². The molecule has 2 N–H and O–H groups in total. The van der Waals surface area contributed by atoms with Gasteiger partial charge in [-0.25, -0.2) is 0 Å². The Bertz CT molecular complexity index is 323. The normalized spacial score (nSPS) is 27.9. The predicted molar refractivity (Wildman–Crippen MR) is 60.9 cm³/mol. The van der Waals surface area contributed by atoms with Crippen molar-refractivity contribution in [1.29, 1.82) is 0 Å². The Morgan fingerprint density at radius 3 is 2.60 bits per heavy atom. The largest absolute Gasteiger partial charge is 0.508 e. The second-order valence-electron chi connectivity index (χ2n) is 4.28. The minimum Gasteiger partial charge on any atom is -0.508 e.